The van der Waals surface area contributed by atoms with Crippen molar-refractivity contribution >= 4 is 23.4 Å². The van der Waals surface area contributed by atoms with Crippen molar-refractivity contribution in [3.05, 3.63) is 78.9 Å². The van der Waals surface area contributed by atoms with Gasteiger partial charge in [-0.05, 0) is 79.1 Å². The largest absolute Gasteiger partial charge is 0.490 e. The van der Waals surface area contributed by atoms with Crippen molar-refractivity contribution in [1.29, 1.82) is 0 Å². The zero-order chi connectivity index (χ0) is 23.0. The van der Waals surface area contributed by atoms with Crippen LogP contribution in [-0.4, -0.2) is 23.2 Å². The molecule has 0 aromatic heterocycles. The highest BCUT2D eigenvalue weighted by atomic mass is 16.5. The van der Waals surface area contributed by atoms with Crippen LogP contribution in [0.2, 0.25) is 0 Å². The Morgan fingerprint density at radius 2 is 1.30 bits per heavy atom. The van der Waals surface area contributed by atoms with Crippen molar-refractivity contribution in [1.82, 2.24) is 0 Å². The first-order chi connectivity index (χ1) is 16.0. The number of urea groups is 1. The topological polar surface area (TPSA) is 87.7 Å². The number of anilines is 2. The molecule has 1 aliphatic rings. The fourth-order valence-electron chi connectivity index (χ4n) is 4.18. The Morgan fingerprint density at radius 3 is 1.88 bits per heavy atom. The van der Waals surface area contributed by atoms with E-state index in [-0.39, 0.29) is 24.5 Å². The third-order valence-corrected chi connectivity index (χ3v) is 5.92. The molecule has 0 aliphatic heterocycles. The van der Waals surface area contributed by atoms with Crippen molar-refractivity contribution in [2.24, 2.45) is 5.92 Å². The minimum atomic E-state index is -0.714. The Morgan fingerprint density at radius 1 is 0.758 bits per heavy atom. The Hall–Kier alpha value is -3.80. The number of ether oxygens (including phenoxy) is 1. The first kappa shape index (κ1) is 22.4. The normalized spacial score (nSPS) is 17.7. The summed E-state index contributed by atoms with van der Waals surface area (Å²) in [6.07, 6.45) is 4.00. The van der Waals surface area contributed by atoms with Crippen molar-refractivity contribution in [2.45, 2.75) is 38.2 Å². The second-order valence-corrected chi connectivity index (χ2v) is 8.41. The van der Waals surface area contributed by atoms with Gasteiger partial charge in [0.1, 0.15) is 5.75 Å². The lowest BCUT2D eigenvalue weighted by Crippen LogP contribution is -2.25. The number of carboxylic acids is 1. The molecule has 1 saturated carbocycles. The van der Waals surface area contributed by atoms with E-state index in [0.29, 0.717) is 5.69 Å². The second kappa shape index (κ2) is 10.7. The van der Waals surface area contributed by atoms with E-state index in [1.165, 1.54) is 0 Å². The molecule has 0 spiro atoms. The van der Waals surface area contributed by atoms with Gasteiger partial charge >= 0.3 is 12.0 Å². The summed E-state index contributed by atoms with van der Waals surface area (Å²) in [5.74, 6) is 0.386. The maximum absolute atomic E-state index is 12.1. The van der Waals surface area contributed by atoms with E-state index >= 15 is 0 Å². The third kappa shape index (κ3) is 6.59. The van der Waals surface area contributed by atoms with Crippen LogP contribution < -0.4 is 15.4 Å². The number of carboxylic acid groups (broad SMARTS) is 1. The summed E-state index contributed by atoms with van der Waals surface area (Å²) < 4.78 is 6.11. The van der Waals surface area contributed by atoms with Gasteiger partial charge in [0.25, 0.3) is 0 Å². The summed E-state index contributed by atoms with van der Waals surface area (Å²) >= 11 is 0. The first-order valence-electron chi connectivity index (χ1n) is 11.3. The van der Waals surface area contributed by atoms with E-state index in [9.17, 15) is 9.59 Å². The van der Waals surface area contributed by atoms with Gasteiger partial charge in [-0.2, -0.15) is 0 Å². The molecule has 3 aromatic rings. The lowest BCUT2D eigenvalue weighted by Gasteiger charge is -2.28. The number of hydrogen-bond acceptors (Lipinski definition) is 3. The number of amides is 2. The molecule has 0 atom stereocenters. The van der Waals surface area contributed by atoms with E-state index in [1.54, 1.807) is 0 Å². The molecule has 0 bridgehead atoms. The number of benzene rings is 3. The van der Waals surface area contributed by atoms with Crippen LogP contribution in [0.25, 0.3) is 11.1 Å². The molecule has 6 nitrogen and oxygen atoms in total. The number of para-hydroxylation sites is 1. The zero-order valence-electron chi connectivity index (χ0n) is 18.4. The highest BCUT2D eigenvalue weighted by Gasteiger charge is 2.24. The predicted molar refractivity (Wildman–Crippen MR) is 130 cm³/mol. The van der Waals surface area contributed by atoms with Gasteiger partial charge in [0, 0.05) is 17.8 Å². The predicted octanol–water partition coefficient (Wildman–Crippen LogP) is 6.41. The molecule has 2 amide bonds. The third-order valence-electron chi connectivity index (χ3n) is 5.92. The molecule has 4 rings (SSSR count). The van der Waals surface area contributed by atoms with E-state index in [4.69, 9.17) is 9.84 Å². The maximum Gasteiger partial charge on any atom is 0.323 e. The molecular formula is C27H28N2O4. The minimum Gasteiger partial charge on any atom is -0.490 e. The molecular weight excluding hydrogens is 416 g/mol. The van der Waals surface area contributed by atoms with Crippen LogP contribution >= 0.6 is 0 Å². The van der Waals surface area contributed by atoms with E-state index in [0.717, 1.165) is 48.2 Å². The summed E-state index contributed by atoms with van der Waals surface area (Å²) in [7, 11) is 0. The fourth-order valence-corrected chi connectivity index (χ4v) is 4.18. The number of aliphatic carboxylic acids is 1. The quantitative estimate of drug-likeness (QED) is 0.393. The standard InChI is InChI=1S/C27H28N2O4/c30-26(31)18-19-6-14-24(15-7-19)33-25-16-10-21(11-17-25)20-8-12-23(13-9-20)29-27(32)28-22-4-2-1-3-5-22/h1-5,8-13,16-17,19,24H,6-7,14-15,18H2,(H,30,31)(H2,28,29,32). The van der Waals surface area contributed by atoms with Gasteiger partial charge in [0.15, 0.2) is 0 Å². The summed E-state index contributed by atoms with van der Waals surface area (Å²) in [5.41, 5.74) is 3.56. The van der Waals surface area contributed by atoms with Gasteiger partial charge < -0.3 is 20.5 Å². The van der Waals surface area contributed by atoms with Gasteiger partial charge in [0.2, 0.25) is 0 Å². The van der Waals surface area contributed by atoms with Crippen LogP contribution in [0.5, 0.6) is 5.75 Å². The highest BCUT2D eigenvalue weighted by Crippen LogP contribution is 2.30. The second-order valence-electron chi connectivity index (χ2n) is 8.41. The average molecular weight is 445 g/mol. The SMILES string of the molecule is O=C(O)CC1CCC(Oc2ccc(-c3ccc(NC(=O)Nc4ccccc4)cc3)cc2)CC1. The van der Waals surface area contributed by atoms with E-state index < -0.39 is 5.97 Å². The molecule has 33 heavy (non-hydrogen) atoms. The molecule has 6 heteroatoms. The van der Waals surface area contributed by atoms with Gasteiger partial charge in [-0.1, -0.05) is 42.5 Å². The van der Waals surface area contributed by atoms with Crippen molar-refractivity contribution in [3.63, 3.8) is 0 Å². The van der Waals surface area contributed by atoms with E-state index in [2.05, 4.69) is 10.6 Å². The van der Waals surface area contributed by atoms with Crippen molar-refractivity contribution < 1.29 is 19.4 Å². The number of carbonyl (C=O) groups excluding carboxylic acids is 1. The van der Waals surface area contributed by atoms with Crippen LogP contribution in [0.4, 0.5) is 16.2 Å². The minimum absolute atomic E-state index is 0.147. The van der Waals surface area contributed by atoms with Crippen molar-refractivity contribution in [2.75, 3.05) is 10.6 Å². The van der Waals surface area contributed by atoms with Gasteiger partial charge in [-0.15, -0.1) is 0 Å². The zero-order valence-corrected chi connectivity index (χ0v) is 18.4. The lowest BCUT2D eigenvalue weighted by atomic mass is 9.85. The van der Waals surface area contributed by atoms with Crippen LogP contribution in [0.1, 0.15) is 32.1 Å². The molecule has 1 aliphatic carbocycles. The van der Waals surface area contributed by atoms with Crippen LogP contribution in [0.15, 0.2) is 78.9 Å². The van der Waals surface area contributed by atoms with Crippen LogP contribution in [0, 0.1) is 5.92 Å². The van der Waals surface area contributed by atoms with Gasteiger partial charge in [-0.3, -0.25) is 4.79 Å². The summed E-state index contributed by atoms with van der Waals surface area (Å²) in [6, 6.07) is 24.7. The summed E-state index contributed by atoms with van der Waals surface area (Å²) in [4.78, 5) is 23.0. The average Bonchev–Trinajstić information content (AvgIpc) is 2.82. The Labute approximate surface area is 193 Å². The maximum atomic E-state index is 12.1. The monoisotopic (exact) mass is 444 g/mol. The lowest BCUT2D eigenvalue weighted by molar-refractivity contribution is -0.138. The Bertz CT molecular complexity index is 1060. The van der Waals surface area contributed by atoms with Gasteiger partial charge in [-0.25, -0.2) is 4.79 Å². The van der Waals surface area contributed by atoms with Gasteiger partial charge in [0.05, 0.1) is 6.10 Å². The Balaban J connectivity index is 1.28. The summed E-state index contributed by atoms with van der Waals surface area (Å²) in [6.45, 7) is 0. The number of carbonyl (C=O) groups is 2. The number of hydrogen-bond donors (Lipinski definition) is 3. The summed E-state index contributed by atoms with van der Waals surface area (Å²) in [5, 5.41) is 14.6. The molecule has 3 N–H and O–H groups in total. The molecule has 0 unspecified atom stereocenters. The van der Waals surface area contributed by atoms with Crippen LogP contribution in [-0.2, 0) is 4.79 Å². The molecule has 0 saturated heterocycles. The molecule has 0 heterocycles. The molecule has 1 fully saturated rings. The van der Waals surface area contributed by atoms with Crippen LogP contribution in [0.3, 0.4) is 0 Å². The smallest absolute Gasteiger partial charge is 0.323 e. The molecule has 0 radical (unpaired) electrons. The Kier molecular flexibility index (Phi) is 7.25. The first-order valence-corrected chi connectivity index (χ1v) is 11.3. The highest BCUT2D eigenvalue weighted by molar-refractivity contribution is 5.99. The van der Waals surface area contributed by atoms with E-state index in [1.807, 2.05) is 78.9 Å². The number of rotatable bonds is 7. The fraction of sp³-hybridized carbons (Fsp3) is 0.259. The van der Waals surface area contributed by atoms with Crippen molar-refractivity contribution in [3.8, 4) is 16.9 Å². The molecule has 170 valence electrons. The molecule has 3 aromatic carbocycles. The number of nitrogens with one attached hydrogen (secondary N) is 2.